The summed E-state index contributed by atoms with van der Waals surface area (Å²) in [6.07, 6.45) is 1.73. The molecule has 0 radical (unpaired) electrons. The van der Waals surface area contributed by atoms with E-state index < -0.39 is 0 Å². The van der Waals surface area contributed by atoms with Crippen LogP contribution < -0.4 is 10.2 Å². The van der Waals surface area contributed by atoms with Gasteiger partial charge in [-0.3, -0.25) is 4.79 Å². The second-order valence-electron chi connectivity index (χ2n) is 7.34. The Bertz CT molecular complexity index is 991. The van der Waals surface area contributed by atoms with Gasteiger partial charge in [0.25, 0.3) is 0 Å². The Kier molecular flexibility index (Phi) is 6.68. The molecule has 0 atom stereocenters. The Morgan fingerprint density at radius 2 is 1.77 bits per heavy atom. The molecule has 1 aromatic carbocycles. The van der Waals surface area contributed by atoms with Gasteiger partial charge in [-0.2, -0.15) is 0 Å². The van der Waals surface area contributed by atoms with E-state index in [4.69, 9.17) is 4.74 Å². The molecule has 1 aliphatic heterocycles. The second kappa shape index (κ2) is 9.99. The summed E-state index contributed by atoms with van der Waals surface area (Å²) in [6.45, 7) is 5.11. The van der Waals surface area contributed by atoms with Crippen molar-refractivity contribution in [1.29, 1.82) is 0 Å². The molecule has 8 heteroatoms. The number of carbonyl (C=O) groups excluding carboxylic acids is 1. The summed E-state index contributed by atoms with van der Waals surface area (Å²) < 4.78 is 5.59. The van der Waals surface area contributed by atoms with Crippen LogP contribution in [0.15, 0.2) is 60.8 Å². The number of aryl methyl sites for hydroxylation is 1. The van der Waals surface area contributed by atoms with E-state index in [1.807, 2.05) is 66.4 Å². The SMILES string of the molecule is Cc1nc(Nc2ccccn2)cc(N2CCN(C(=O)COCc3ccccc3)CC2)n1. The number of amides is 1. The highest BCUT2D eigenvalue weighted by Crippen LogP contribution is 2.20. The molecule has 3 heterocycles. The van der Waals surface area contributed by atoms with E-state index in [2.05, 4.69) is 25.2 Å². The number of benzene rings is 1. The van der Waals surface area contributed by atoms with Crippen molar-refractivity contribution in [3.63, 3.8) is 0 Å². The van der Waals surface area contributed by atoms with Gasteiger partial charge in [0.15, 0.2) is 0 Å². The van der Waals surface area contributed by atoms with E-state index in [0.717, 1.165) is 17.2 Å². The molecule has 8 nitrogen and oxygen atoms in total. The molecule has 1 saturated heterocycles. The van der Waals surface area contributed by atoms with Gasteiger partial charge in [0, 0.05) is 38.4 Å². The number of nitrogens with one attached hydrogen (secondary N) is 1. The maximum Gasteiger partial charge on any atom is 0.248 e. The largest absolute Gasteiger partial charge is 0.367 e. The third kappa shape index (κ3) is 5.76. The van der Waals surface area contributed by atoms with E-state index in [1.54, 1.807) is 6.20 Å². The number of nitrogens with zero attached hydrogens (tertiary/aromatic N) is 5. The summed E-state index contributed by atoms with van der Waals surface area (Å²) in [7, 11) is 0. The summed E-state index contributed by atoms with van der Waals surface area (Å²) >= 11 is 0. The van der Waals surface area contributed by atoms with E-state index in [1.165, 1.54) is 0 Å². The lowest BCUT2D eigenvalue weighted by Gasteiger charge is -2.35. The van der Waals surface area contributed by atoms with Crippen LogP contribution >= 0.6 is 0 Å². The van der Waals surface area contributed by atoms with Crippen LogP contribution in [0.25, 0.3) is 0 Å². The highest BCUT2D eigenvalue weighted by atomic mass is 16.5. The molecule has 0 aliphatic carbocycles. The van der Waals surface area contributed by atoms with Gasteiger partial charge in [0.2, 0.25) is 5.91 Å². The average Bonchev–Trinajstić information content (AvgIpc) is 2.80. The van der Waals surface area contributed by atoms with Gasteiger partial charge in [0.1, 0.15) is 29.9 Å². The molecular formula is C23H26N6O2. The molecule has 160 valence electrons. The summed E-state index contributed by atoms with van der Waals surface area (Å²) in [6, 6.07) is 17.5. The molecule has 2 aromatic heterocycles. The fourth-order valence-corrected chi connectivity index (χ4v) is 3.45. The van der Waals surface area contributed by atoms with Crippen molar-refractivity contribution in [2.45, 2.75) is 13.5 Å². The first-order chi connectivity index (χ1) is 15.2. The molecule has 1 amide bonds. The van der Waals surface area contributed by atoms with Crippen LogP contribution in [-0.2, 0) is 16.1 Å². The van der Waals surface area contributed by atoms with Crippen molar-refractivity contribution in [3.05, 3.63) is 72.2 Å². The van der Waals surface area contributed by atoms with Crippen molar-refractivity contribution >= 4 is 23.4 Å². The first kappa shape index (κ1) is 20.7. The van der Waals surface area contributed by atoms with Crippen LogP contribution in [0, 0.1) is 6.92 Å². The molecule has 1 aliphatic rings. The lowest BCUT2D eigenvalue weighted by molar-refractivity contribution is -0.136. The predicted molar refractivity (Wildman–Crippen MR) is 119 cm³/mol. The molecule has 31 heavy (non-hydrogen) atoms. The third-order valence-electron chi connectivity index (χ3n) is 5.04. The first-order valence-corrected chi connectivity index (χ1v) is 10.4. The van der Waals surface area contributed by atoms with Crippen molar-refractivity contribution in [1.82, 2.24) is 19.9 Å². The van der Waals surface area contributed by atoms with Crippen LogP contribution in [0.5, 0.6) is 0 Å². The highest BCUT2D eigenvalue weighted by Gasteiger charge is 2.22. The smallest absolute Gasteiger partial charge is 0.248 e. The second-order valence-corrected chi connectivity index (χ2v) is 7.34. The van der Waals surface area contributed by atoms with Crippen molar-refractivity contribution in [3.8, 4) is 0 Å². The quantitative estimate of drug-likeness (QED) is 0.632. The Morgan fingerprint density at radius 3 is 2.52 bits per heavy atom. The van der Waals surface area contributed by atoms with Crippen molar-refractivity contribution in [2.75, 3.05) is 43.0 Å². The normalized spacial score (nSPS) is 13.8. The van der Waals surface area contributed by atoms with Gasteiger partial charge < -0.3 is 19.9 Å². The molecule has 4 rings (SSSR count). The zero-order chi connectivity index (χ0) is 21.5. The van der Waals surface area contributed by atoms with E-state index in [0.29, 0.717) is 44.4 Å². The number of rotatable bonds is 7. The number of ether oxygens (including phenoxy) is 1. The third-order valence-corrected chi connectivity index (χ3v) is 5.04. The molecule has 0 saturated carbocycles. The minimum Gasteiger partial charge on any atom is -0.367 e. The Morgan fingerprint density at radius 1 is 1.00 bits per heavy atom. The van der Waals surface area contributed by atoms with Crippen molar-refractivity contribution in [2.24, 2.45) is 0 Å². The van der Waals surface area contributed by atoms with Crippen LogP contribution in [0.2, 0.25) is 0 Å². The molecule has 0 spiro atoms. The number of anilines is 3. The van der Waals surface area contributed by atoms with Gasteiger partial charge in [-0.05, 0) is 24.6 Å². The summed E-state index contributed by atoms with van der Waals surface area (Å²) in [4.78, 5) is 29.8. The molecule has 0 unspecified atom stereocenters. The van der Waals surface area contributed by atoms with Crippen LogP contribution in [0.4, 0.5) is 17.5 Å². The number of aromatic nitrogens is 3. The van der Waals surface area contributed by atoms with Crippen LogP contribution in [0.3, 0.4) is 0 Å². The fraction of sp³-hybridized carbons (Fsp3) is 0.304. The molecule has 3 aromatic rings. The lowest BCUT2D eigenvalue weighted by atomic mass is 10.2. The monoisotopic (exact) mass is 418 g/mol. The highest BCUT2D eigenvalue weighted by molar-refractivity contribution is 5.77. The van der Waals surface area contributed by atoms with E-state index in [-0.39, 0.29) is 12.5 Å². The minimum absolute atomic E-state index is 0.0203. The Balaban J connectivity index is 1.29. The Labute approximate surface area is 181 Å². The first-order valence-electron chi connectivity index (χ1n) is 10.4. The standard InChI is InChI=1S/C23H26N6O2/c1-18-25-21(27-20-9-5-6-10-24-20)15-22(26-18)28-11-13-29(14-12-28)23(30)17-31-16-19-7-3-2-4-8-19/h2-10,15H,11-14,16-17H2,1H3,(H,24,25,26,27). The molecule has 0 bridgehead atoms. The van der Waals surface area contributed by atoms with Crippen LogP contribution in [0.1, 0.15) is 11.4 Å². The minimum atomic E-state index is 0.0203. The molecule has 1 fully saturated rings. The zero-order valence-electron chi connectivity index (χ0n) is 17.6. The predicted octanol–water partition coefficient (Wildman–Crippen LogP) is 2.79. The maximum absolute atomic E-state index is 12.5. The maximum atomic E-state index is 12.5. The molecular weight excluding hydrogens is 392 g/mol. The number of carbonyl (C=O) groups is 1. The average molecular weight is 419 g/mol. The van der Waals surface area contributed by atoms with E-state index >= 15 is 0 Å². The van der Waals surface area contributed by atoms with Gasteiger partial charge >= 0.3 is 0 Å². The lowest BCUT2D eigenvalue weighted by Crippen LogP contribution is -2.50. The van der Waals surface area contributed by atoms with Gasteiger partial charge in [-0.15, -0.1) is 0 Å². The van der Waals surface area contributed by atoms with Crippen molar-refractivity contribution < 1.29 is 9.53 Å². The van der Waals surface area contributed by atoms with Gasteiger partial charge in [-0.25, -0.2) is 15.0 Å². The number of piperazine rings is 1. The zero-order valence-corrected chi connectivity index (χ0v) is 17.6. The van der Waals surface area contributed by atoms with Gasteiger partial charge in [-0.1, -0.05) is 36.4 Å². The topological polar surface area (TPSA) is 83.5 Å². The summed E-state index contributed by atoms with van der Waals surface area (Å²) in [5, 5.41) is 3.22. The fourth-order valence-electron chi connectivity index (χ4n) is 3.45. The number of hydrogen-bond acceptors (Lipinski definition) is 7. The summed E-state index contributed by atoms with van der Waals surface area (Å²) in [5.74, 6) is 2.99. The number of pyridine rings is 1. The van der Waals surface area contributed by atoms with Crippen LogP contribution in [-0.4, -0.2) is 58.5 Å². The van der Waals surface area contributed by atoms with Gasteiger partial charge in [0.05, 0.1) is 6.61 Å². The number of hydrogen-bond donors (Lipinski definition) is 1. The molecule has 1 N–H and O–H groups in total. The van der Waals surface area contributed by atoms with E-state index in [9.17, 15) is 4.79 Å². The Hall–Kier alpha value is -3.52. The summed E-state index contributed by atoms with van der Waals surface area (Å²) in [5.41, 5.74) is 1.06.